The number of hydrogen-bond donors (Lipinski definition) is 2. The van der Waals surface area contributed by atoms with Crippen LogP contribution in [0.5, 0.6) is 6.01 Å². The predicted octanol–water partition coefficient (Wildman–Crippen LogP) is 1.61. The van der Waals surface area contributed by atoms with Crippen molar-refractivity contribution in [2.24, 2.45) is 5.92 Å². The first-order chi connectivity index (χ1) is 13.6. The summed E-state index contributed by atoms with van der Waals surface area (Å²) in [4.78, 5) is 25.2. The summed E-state index contributed by atoms with van der Waals surface area (Å²) in [5.41, 5.74) is 6.78. The lowest BCUT2D eigenvalue weighted by Gasteiger charge is -2.31. The first-order valence-corrected chi connectivity index (χ1v) is 10.5. The van der Waals surface area contributed by atoms with E-state index in [4.69, 9.17) is 15.6 Å². The molecule has 0 aliphatic carbocycles. The summed E-state index contributed by atoms with van der Waals surface area (Å²) in [6.45, 7) is 6.42. The second-order valence-corrected chi connectivity index (χ2v) is 7.77. The molecule has 1 saturated heterocycles. The number of unbranched alkanes of at least 4 members (excludes halogenated alkanes) is 1. The number of fused-ring (bicyclic) bond motifs is 1. The van der Waals surface area contributed by atoms with Gasteiger partial charge in [-0.1, -0.05) is 13.3 Å². The number of amides is 1. The van der Waals surface area contributed by atoms with Crippen LogP contribution in [0.4, 0.5) is 11.6 Å². The van der Waals surface area contributed by atoms with Crippen molar-refractivity contribution in [3.63, 3.8) is 0 Å². The van der Waals surface area contributed by atoms with E-state index in [1.54, 1.807) is 4.90 Å². The van der Waals surface area contributed by atoms with Crippen molar-refractivity contribution in [1.82, 2.24) is 14.9 Å². The van der Waals surface area contributed by atoms with Crippen LogP contribution >= 0.6 is 0 Å². The molecule has 1 amide bonds. The van der Waals surface area contributed by atoms with E-state index >= 15 is 0 Å². The van der Waals surface area contributed by atoms with Gasteiger partial charge in [-0.25, -0.2) is 0 Å². The first-order valence-electron chi connectivity index (χ1n) is 10.5. The van der Waals surface area contributed by atoms with Crippen molar-refractivity contribution in [1.29, 1.82) is 0 Å². The molecule has 3 N–H and O–H groups in total. The third-order valence-electron chi connectivity index (χ3n) is 5.73. The van der Waals surface area contributed by atoms with Crippen LogP contribution in [0.1, 0.15) is 51.0 Å². The Bertz CT molecular complexity index is 661. The number of nitrogens with two attached hydrogens (primary N) is 1. The minimum absolute atomic E-state index is 0.0412. The molecule has 2 aliphatic rings. The summed E-state index contributed by atoms with van der Waals surface area (Å²) in [5, 5.41) is 9.04. The molecule has 28 heavy (non-hydrogen) atoms. The highest BCUT2D eigenvalue weighted by Gasteiger charge is 2.32. The zero-order valence-electron chi connectivity index (χ0n) is 16.9. The zero-order valence-corrected chi connectivity index (χ0v) is 16.9. The molecule has 0 unspecified atom stereocenters. The molecule has 0 radical (unpaired) electrons. The molecular formula is C20H33N5O3. The van der Waals surface area contributed by atoms with Gasteiger partial charge in [0.25, 0.3) is 0 Å². The molecule has 0 saturated carbocycles. The smallest absolute Gasteiger partial charge is 0.320 e. The van der Waals surface area contributed by atoms with E-state index in [-0.39, 0.29) is 24.9 Å². The van der Waals surface area contributed by atoms with Crippen LogP contribution in [0, 0.1) is 5.92 Å². The molecule has 3 heterocycles. The Morgan fingerprint density at radius 2 is 2.00 bits per heavy atom. The number of β-amino-alcohol motifs (C(OH)–C–C–N with tert-alkyl or cyclic N) is 1. The highest BCUT2D eigenvalue weighted by Crippen LogP contribution is 2.32. The molecule has 0 atom stereocenters. The van der Waals surface area contributed by atoms with Gasteiger partial charge in [0.1, 0.15) is 11.6 Å². The van der Waals surface area contributed by atoms with Gasteiger partial charge < -0.3 is 20.5 Å². The average Bonchev–Trinajstić information content (AvgIpc) is 3.00. The van der Waals surface area contributed by atoms with Gasteiger partial charge in [-0.15, -0.1) is 0 Å². The largest absolute Gasteiger partial charge is 0.463 e. The van der Waals surface area contributed by atoms with Gasteiger partial charge in [-0.05, 0) is 51.1 Å². The molecule has 8 nitrogen and oxygen atoms in total. The number of rotatable bonds is 10. The maximum Gasteiger partial charge on any atom is 0.320 e. The molecule has 2 aliphatic heterocycles. The second-order valence-electron chi connectivity index (χ2n) is 7.77. The highest BCUT2D eigenvalue weighted by atomic mass is 16.5. The van der Waals surface area contributed by atoms with Crippen molar-refractivity contribution in [2.75, 3.05) is 50.0 Å². The van der Waals surface area contributed by atoms with Gasteiger partial charge in [0.05, 0.1) is 19.6 Å². The highest BCUT2D eigenvalue weighted by molar-refractivity contribution is 6.01. The van der Waals surface area contributed by atoms with Crippen LogP contribution in [0.25, 0.3) is 0 Å². The lowest BCUT2D eigenvalue weighted by Crippen LogP contribution is -2.36. The van der Waals surface area contributed by atoms with Crippen LogP contribution in [0.2, 0.25) is 0 Å². The Kier molecular flexibility index (Phi) is 7.44. The van der Waals surface area contributed by atoms with Gasteiger partial charge in [0.2, 0.25) is 5.91 Å². The molecule has 156 valence electrons. The molecule has 3 rings (SSSR count). The molecule has 1 aromatic rings. The molecule has 0 aromatic carbocycles. The van der Waals surface area contributed by atoms with E-state index < -0.39 is 0 Å². The Hall–Kier alpha value is -1.93. The van der Waals surface area contributed by atoms with Gasteiger partial charge >= 0.3 is 6.01 Å². The summed E-state index contributed by atoms with van der Waals surface area (Å²) in [6, 6.07) is 0.264. The minimum Gasteiger partial charge on any atom is -0.463 e. The fourth-order valence-corrected chi connectivity index (χ4v) is 4.01. The topological polar surface area (TPSA) is 105 Å². The van der Waals surface area contributed by atoms with E-state index in [2.05, 4.69) is 21.8 Å². The monoisotopic (exact) mass is 391 g/mol. The third kappa shape index (κ3) is 5.11. The van der Waals surface area contributed by atoms with Crippen LogP contribution in [0.15, 0.2) is 0 Å². The standard InChI is InChI=1S/C20H33N5O3/c1-2-3-13-28-20-22-18(21)16-14-17(27)25(19(16)23-20)8-4-5-15-6-9-24(10-7-15)11-12-26/h15,26H,2-14H2,1H3,(H2,21,22,23). The van der Waals surface area contributed by atoms with E-state index in [0.29, 0.717) is 30.7 Å². The minimum atomic E-state index is 0.0412. The molecular weight excluding hydrogens is 358 g/mol. The van der Waals surface area contributed by atoms with Crippen molar-refractivity contribution in [2.45, 2.75) is 51.9 Å². The number of nitrogens with zero attached hydrogens (tertiary/aromatic N) is 4. The van der Waals surface area contributed by atoms with Crippen LogP contribution in [-0.2, 0) is 11.2 Å². The van der Waals surface area contributed by atoms with Crippen molar-refractivity contribution in [3.8, 4) is 6.01 Å². The fourth-order valence-electron chi connectivity index (χ4n) is 4.01. The fraction of sp³-hybridized carbons (Fsp3) is 0.750. The van der Waals surface area contributed by atoms with E-state index in [1.165, 1.54) is 0 Å². The van der Waals surface area contributed by atoms with Crippen molar-refractivity contribution in [3.05, 3.63) is 5.56 Å². The summed E-state index contributed by atoms with van der Waals surface area (Å²) in [5.74, 6) is 1.71. The maximum absolute atomic E-state index is 12.5. The zero-order chi connectivity index (χ0) is 19.9. The summed E-state index contributed by atoms with van der Waals surface area (Å²) < 4.78 is 5.60. The number of aliphatic hydroxyl groups excluding tert-OH is 1. The number of likely N-dealkylation sites (tertiary alicyclic amines) is 1. The number of ether oxygens (including phenoxy) is 1. The van der Waals surface area contributed by atoms with Gasteiger partial charge in [0, 0.05) is 18.7 Å². The maximum atomic E-state index is 12.5. The number of aromatic nitrogens is 2. The molecule has 1 fully saturated rings. The Morgan fingerprint density at radius 3 is 2.71 bits per heavy atom. The van der Waals surface area contributed by atoms with E-state index in [0.717, 1.165) is 63.7 Å². The summed E-state index contributed by atoms with van der Waals surface area (Å²) >= 11 is 0. The third-order valence-corrected chi connectivity index (χ3v) is 5.73. The number of hydrogen-bond acceptors (Lipinski definition) is 7. The van der Waals surface area contributed by atoms with Gasteiger partial charge in [-0.2, -0.15) is 9.97 Å². The van der Waals surface area contributed by atoms with Crippen LogP contribution in [0.3, 0.4) is 0 Å². The van der Waals surface area contributed by atoms with Gasteiger partial charge in [-0.3, -0.25) is 9.69 Å². The summed E-state index contributed by atoms with van der Waals surface area (Å²) in [7, 11) is 0. The van der Waals surface area contributed by atoms with E-state index in [1.807, 2.05) is 0 Å². The molecule has 0 bridgehead atoms. The Balaban J connectivity index is 1.53. The number of aliphatic hydroxyl groups is 1. The Morgan fingerprint density at radius 1 is 1.21 bits per heavy atom. The summed E-state index contributed by atoms with van der Waals surface area (Å²) in [6.07, 6.45) is 6.61. The number of piperidine rings is 1. The lowest BCUT2D eigenvalue weighted by atomic mass is 9.92. The Labute approximate surface area is 167 Å². The normalized spacial score (nSPS) is 17.9. The first kappa shape index (κ1) is 20.8. The number of anilines is 2. The number of carbonyl (C=O) groups excluding carboxylic acids is 1. The van der Waals surface area contributed by atoms with Crippen molar-refractivity contribution < 1.29 is 14.6 Å². The van der Waals surface area contributed by atoms with Crippen LogP contribution < -0.4 is 15.4 Å². The van der Waals surface area contributed by atoms with Gasteiger partial charge in [0.15, 0.2) is 0 Å². The SMILES string of the molecule is CCCCOc1nc(N)c2c(n1)N(CCCC1CCN(CCO)CC1)C(=O)C2. The molecule has 1 aromatic heterocycles. The van der Waals surface area contributed by atoms with Crippen molar-refractivity contribution >= 4 is 17.5 Å². The molecule has 8 heteroatoms. The number of nitrogen functional groups attached to an aromatic ring is 1. The molecule has 0 spiro atoms. The number of carbonyl (C=O) groups is 1. The quantitative estimate of drug-likeness (QED) is 0.584. The lowest BCUT2D eigenvalue weighted by molar-refractivity contribution is -0.117. The van der Waals surface area contributed by atoms with Crippen LogP contribution in [-0.4, -0.2) is 65.3 Å². The second kappa shape index (κ2) is 10.0. The van der Waals surface area contributed by atoms with E-state index in [9.17, 15) is 4.79 Å². The average molecular weight is 392 g/mol. The predicted molar refractivity (Wildman–Crippen MR) is 108 cm³/mol.